The second-order valence-corrected chi connectivity index (χ2v) is 5.76. The molecule has 0 saturated carbocycles. The van der Waals surface area contributed by atoms with E-state index in [0.717, 1.165) is 15.7 Å². The number of carbonyl (C=O) groups excluding carboxylic acids is 1. The quantitative estimate of drug-likeness (QED) is 0.896. The van der Waals surface area contributed by atoms with Gasteiger partial charge in [-0.15, -0.1) is 0 Å². The van der Waals surface area contributed by atoms with Crippen LogP contribution in [0.5, 0.6) is 5.75 Å². The van der Waals surface area contributed by atoms with Crippen LogP contribution < -0.4 is 10.1 Å². The van der Waals surface area contributed by atoms with Gasteiger partial charge in [0.25, 0.3) is 5.91 Å². The molecule has 0 aliphatic rings. The van der Waals surface area contributed by atoms with Crippen molar-refractivity contribution < 1.29 is 9.53 Å². The summed E-state index contributed by atoms with van der Waals surface area (Å²) in [6, 6.07) is 14.3. The van der Waals surface area contributed by atoms with Gasteiger partial charge in [0.05, 0.1) is 11.6 Å². The molecule has 1 atom stereocenters. The number of hydrogen-bond acceptors (Lipinski definition) is 3. The third-order valence-corrected chi connectivity index (χ3v) is 3.61. The predicted octanol–water partition coefficient (Wildman–Crippen LogP) is 4.04. The van der Waals surface area contributed by atoms with Gasteiger partial charge < -0.3 is 10.1 Å². The zero-order valence-electron chi connectivity index (χ0n) is 12.3. The third kappa shape index (κ3) is 4.09. The van der Waals surface area contributed by atoms with Crippen LogP contribution in [-0.2, 0) is 4.79 Å². The summed E-state index contributed by atoms with van der Waals surface area (Å²) in [6.07, 6.45) is -0.643. The highest BCUT2D eigenvalue weighted by atomic mass is 79.9. The predicted molar refractivity (Wildman–Crippen MR) is 88.8 cm³/mol. The van der Waals surface area contributed by atoms with Crippen LogP contribution in [0, 0.1) is 18.3 Å². The van der Waals surface area contributed by atoms with Crippen LogP contribution in [0.1, 0.15) is 18.1 Å². The minimum absolute atomic E-state index is 0.227. The minimum atomic E-state index is -0.643. The molecule has 0 bridgehead atoms. The van der Waals surface area contributed by atoms with Crippen molar-refractivity contribution in [1.82, 2.24) is 0 Å². The SMILES string of the molecule is Cc1cc(Br)ccc1NC(=O)C(C)Oc1ccc(C#N)cc1. The molecule has 2 rings (SSSR count). The number of anilines is 1. The molecule has 0 heterocycles. The molecule has 0 aliphatic heterocycles. The van der Waals surface area contributed by atoms with Crippen LogP contribution in [0.4, 0.5) is 5.69 Å². The highest BCUT2D eigenvalue weighted by molar-refractivity contribution is 9.10. The molecule has 0 aromatic heterocycles. The van der Waals surface area contributed by atoms with Crippen LogP contribution in [0.15, 0.2) is 46.9 Å². The van der Waals surface area contributed by atoms with Gasteiger partial charge in [-0.3, -0.25) is 4.79 Å². The van der Waals surface area contributed by atoms with E-state index in [1.807, 2.05) is 31.2 Å². The largest absolute Gasteiger partial charge is 0.481 e. The summed E-state index contributed by atoms with van der Waals surface area (Å²) in [5, 5.41) is 11.6. The number of amides is 1. The molecule has 2 aromatic rings. The average molecular weight is 359 g/mol. The fourth-order valence-corrected chi connectivity index (χ4v) is 2.34. The first-order valence-corrected chi connectivity index (χ1v) is 7.52. The molecule has 22 heavy (non-hydrogen) atoms. The molecular formula is C17H15BrN2O2. The van der Waals surface area contributed by atoms with E-state index in [-0.39, 0.29) is 5.91 Å². The van der Waals surface area contributed by atoms with Gasteiger partial charge in [-0.25, -0.2) is 0 Å². The normalized spacial score (nSPS) is 11.4. The second kappa shape index (κ2) is 7.10. The van der Waals surface area contributed by atoms with E-state index in [2.05, 4.69) is 21.2 Å². The highest BCUT2D eigenvalue weighted by Crippen LogP contribution is 2.21. The first-order valence-electron chi connectivity index (χ1n) is 6.73. The van der Waals surface area contributed by atoms with E-state index in [0.29, 0.717) is 11.3 Å². The Labute approximate surface area is 137 Å². The Bertz CT molecular complexity index is 720. The van der Waals surface area contributed by atoms with E-state index in [1.54, 1.807) is 31.2 Å². The molecule has 0 fully saturated rings. The second-order valence-electron chi connectivity index (χ2n) is 4.84. The first kappa shape index (κ1) is 16.1. The molecule has 1 amide bonds. The summed E-state index contributed by atoms with van der Waals surface area (Å²) in [7, 11) is 0. The zero-order valence-corrected chi connectivity index (χ0v) is 13.8. The molecule has 112 valence electrons. The van der Waals surface area contributed by atoms with Crippen molar-refractivity contribution in [2.75, 3.05) is 5.32 Å². The lowest BCUT2D eigenvalue weighted by molar-refractivity contribution is -0.122. The lowest BCUT2D eigenvalue weighted by atomic mass is 10.2. The fourth-order valence-electron chi connectivity index (χ4n) is 1.87. The molecule has 1 N–H and O–H groups in total. The Morgan fingerprint density at radius 3 is 2.55 bits per heavy atom. The van der Waals surface area contributed by atoms with Gasteiger partial charge in [0, 0.05) is 10.2 Å². The van der Waals surface area contributed by atoms with Crippen molar-refractivity contribution >= 4 is 27.5 Å². The average Bonchev–Trinajstić information content (AvgIpc) is 2.50. The Hall–Kier alpha value is -2.32. The van der Waals surface area contributed by atoms with Crippen molar-refractivity contribution in [3.05, 3.63) is 58.1 Å². The molecule has 2 aromatic carbocycles. The Morgan fingerprint density at radius 2 is 1.95 bits per heavy atom. The van der Waals surface area contributed by atoms with Crippen LogP contribution in [-0.4, -0.2) is 12.0 Å². The smallest absolute Gasteiger partial charge is 0.265 e. The van der Waals surface area contributed by atoms with E-state index >= 15 is 0 Å². The van der Waals surface area contributed by atoms with E-state index in [9.17, 15) is 4.79 Å². The number of nitriles is 1. The van der Waals surface area contributed by atoms with Gasteiger partial charge >= 0.3 is 0 Å². The van der Waals surface area contributed by atoms with Crippen molar-refractivity contribution in [1.29, 1.82) is 5.26 Å². The molecule has 0 radical (unpaired) electrons. The van der Waals surface area contributed by atoms with Gasteiger partial charge in [-0.1, -0.05) is 15.9 Å². The Kier molecular flexibility index (Phi) is 5.18. The molecular weight excluding hydrogens is 344 g/mol. The summed E-state index contributed by atoms with van der Waals surface area (Å²) in [4.78, 5) is 12.2. The maximum absolute atomic E-state index is 12.2. The van der Waals surface area contributed by atoms with Crippen molar-refractivity contribution in [2.45, 2.75) is 20.0 Å². The van der Waals surface area contributed by atoms with Crippen LogP contribution >= 0.6 is 15.9 Å². The van der Waals surface area contributed by atoms with E-state index in [1.165, 1.54) is 0 Å². The number of hydrogen-bond donors (Lipinski definition) is 1. The monoisotopic (exact) mass is 358 g/mol. The fraction of sp³-hybridized carbons (Fsp3) is 0.176. The van der Waals surface area contributed by atoms with Gasteiger partial charge in [-0.2, -0.15) is 5.26 Å². The van der Waals surface area contributed by atoms with Crippen LogP contribution in [0.25, 0.3) is 0 Å². The summed E-state index contributed by atoms with van der Waals surface area (Å²) in [5.41, 5.74) is 2.27. The third-order valence-electron chi connectivity index (χ3n) is 3.11. The van der Waals surface area contributed by atoms with Gasteiger partial charge in [0.2, 0.25) is 0 Å². The number of carbonyl (C=O) groups is 1. The standard InChI is InChI=1S/C17H15BrN2O2/c1-11-9-14(18)5-8-16(11)20-17(21)12(2)22-15-6-3-13(10-19)4-7-15/h3-9,12H,1-2H3,(H,20,21). The van der Waals surface area contributed by atoms with Crippen molar-refractivity contribution in [2.24, 2.45) is 0 Å². The molecule has 1 unspecified atom stereocenters. The molecule has 4 nitrogen and oxygen atoms in total. The number of ether oxygens (including phenoxy) is 1. The Balaban J connectivity index is 2.01. The first-order chi connectivity index (χ1) is 10.5. The molecule has 0 spiro atoms. The zero-order chi connectivity index (χ0) is 16.1. The molecule has 5 heteroatoms. The Morgan fingerprint density at radius 1 is 1.27 bits per heavy atom. The van der Waals surface area contributed by atoms with E-state index < -0.39 is 6.10 Å². The van der Waals surface area contributed by atoms with Crippen LogP contribution in [0.2, 0.25) is 0 Å². The maximum Gasteiger partial charge on any atom is 0.265 e. The van der Waals surface area contributed by atoms with E-state index in [4.69, 9.17) is 10.00 Å². The van der Waals surface area contributed by atoms with Crippen LogP contribution in [0.3, 0.4) is 0 Å². The topological polar surface area (TPSA) is 62.1 Å². The lowest BCUT2D eigenvalue weighted by Crippen LogP contribution is -2.30. The van der Waals surface area contributed by atoms with Crippen molar-refractivity contribution in [3.8, 4) is 11.8 Å². The van der Waals surface area contributed by atoms with Crippen molar-refractivity contribution in [3.63, 3.8) is 0 Å². The number of halogens is 1. The number of benzene rings is 2. The number of nitrogens with zero attached hydrogens (tertiary/aromatic N) is 1. The number of aryl methyl sites for hydroxylation is 1. The summed E-state index contributed by atoms with van der Waals surface area (Å²) in [5.74, 6) is 0.323. The number of rotatable bonds is 4. The highest BCUT2D eigenvalue weighted by Gasteiger charge is 2.15. The summed E-state index contributed by atoms with van der Waals surface area (Å²) < 4.78 is 6.54. The molecule has 0 saturated heterocycles. The van der Waals surface area contributed by atoms with Gasteiger partial charge in [0.15, 0.2) is 6.10 Å². The summed E-state index contributed by atoms with van der Waals surface area (Å²) in [6.45, 7) is 3.61. The van der Waals surface area contributed by atoms with Gasteiger partial charge in [0.1, 0.15) is 5.75 Å². The number of nitrogens with one attached hydrogen (secondary N) is 1. The lowest BCUT2D eigenvalue weighted by Gasteiger charge is -2.16. The summed E-state index contributed by atoms with van der Waals surface area (Å²) >= 11 is 3.39. The minimum Gasteiger partial charge on any atom is -0.481 e. The maximum atomic E-state index is 12.2. The van der Waals surface area contributed by atoms with Gasteiger partial charge in [-0.05, 0) is 61.9 Å². The molecule has 0 aliphatic carbocycles.